The third kappa shape index (κ3) is 17.7. The van der Waals surface area contributed by atoms with Crippen molar-refractivity contribution >= 4 is 39.9 Å². The van der Waals surface area contributed by atoms with E-state index in [1.807, 2.05) is 0 Å². The Morgan fingerprint density at radius 2 is 1.04 bits per heavy atom. The van der Waals surface area contributed by atoms with E-state index >= 15 is 0 Å². The molecule has 1 aliphatic carbocycles. The van der Waals surface area contributed by atoms with Gasteiger partial charge in [-0.2, -0.15) is 26.3 Å². The van der Waals surface area contributed by atoms with Crippen molar-refractivity contribution in [1.82, 2.24) is 0 Å². The number of hydrogen-bond acceptors (Lipinski definition) is 4. The molecule has 4 nitrogen and oxygen atoms in total. The van der Waals surface area contributed by atoms with Gasteiger partial charge in [0.15, 0.2) is 5.78 Å². The first-order valence-electron chi connectivity index (χ1n) is 13.9. The van der Waals surface area contributed by atoms with Crippen molar-refractivity contribution in [3.8, 4) is 0 Å². The number of carbonyl (C=O) groups is 1. The topological polar surface area (TPSA) is 61.7 Å². The minimum absolute atomic E-state index is 0.0955. The van der Waals surface area contributed by atoms with Gasteiger partial charge in [0.25, 0.3) is 0 Å². The number of carbonyl (C=O) groups excluding carboxylic acids is 1. The first-order chi connectivity index (χ1) is 21.5. The quantitative estimate of drug-likeness (QED) is 0.137. The van der Waals surface area contributed by atoms with Crippen LogP contribution in [0.2, 0.25) is 0 Å². The molecule has 0 aromatic heterocycles. The van der Waals surface area contributed by atoms with E-state index in [0.717, 1.165) is 24.3 Å². The second-order valence-electron chi connectivity index (χ2n) is 10.4. The van der Waals surface area contributed by atoms with Gasteiger partial charge < -0.3 is 10.4 Å². The number of alkyl halides is 6. The molecule has 0 atom stereocenters. The molecule has 0 amide bonds. The van der Waals surface area contributed by atoms with Crippen molar-refractivity contribution in [1.29, 1.82) is 0 Å². The van der Waals surface area contributed by atoms with Gasteiger partial charge in [-0.25, -0.2) is 0 Å². The summed E-state index contributed by atoms with van der Waals surface area (Å²) < 4.78 is 73.7. The number of hydrogen-bond donors (Lipinski definition) is 2. The van der Waals surface area contributed by atoms with E-state index in [9.17, 15) is 31.1 Å². The van der Waals surface area contributed by atoms with Gasteiger partial charge in [0.1, 0.15) is 0 Å². The molecule has 47 heavy (non-hydrogen) atoms. The van der Waals surface area contributed by atoms with E-state index in [0.29, 0.717) is 22.8 Å². The summed E-state index contributed by atoms with van der Waals surface area (Å²) in [6.45, 7) is 17.2. The molecule has 3 rings (SSSR count). The molecule has 5 radical (unpaired) electrons. The van der Waals surface area contributed by atoms with E-state index in [-0.39, 0.29) is 11.5 Å². The Balaban J connectivity index is 0.000000667. The van der Waals surface area contributed by atoms with Crippen molar-refractivity contribution in [2.24, 2.45) is 4.99 Å². The van der Waals surface area contributed by atoms with Crippen molar-refractivity contribution in [3.63, 3.8) is 0 Å². The van der Waals surface area contributed by atoms with Gasteiger partial charge in [-0.3, -0.25) is 9.79 Å². The number of nitrogens with one attached hydrogen (secondary N) is 1. The average molecular weight is 784 g/mol. The molecule has 13 heteroatoms. The molecule has 257 valence electrons. The summed E-state index contributed by atoms with van der Waals surface area (Å²) in [7, 11) is 9.87. The summed E-state index contributed by atoms with van der Waals surface area (Å²) in [5, 5.41) is 11.8. The molecule has 0 heterocycles. The molecule has 0 bridgehead atoms. The van der Waals surface area contributed by atoms with Crippen LogP contribution in [0.3, 0.4) is 0 Å². The SMILES string of the molecule is CC(/C=C(/C)O)=Nc1ccc(C(F)(F)F)cc1.CC(=O)/C=C(/C)Nc1ccc(C(F)(F)F)cc1.C[C]1[C](C)[C](C)[C](C)[C]1C.[Cl][Zr][Cl]. The fourth-order valence-corrected chi connectivity index (χ4v) is 3.98. The number of aliphatic imine (C=N–C) groups is 1. The van der Waals surface area contributed by atoms with Gasteiger partial charge in [-0.05, 0) is 118 Å². The van der Waals surface area contributed by atoms with Crippen molar-refractivity contribution in [2.75, 3.05) is 5.32 Å². The first kappa shape index (κ1) is 44.9. The molecule has 2 aromatic rings. The summed E-state index contributed by atoms with van der Waals surface area (Å²) >= 11 is -0.826. The Bertz CT molecular complexity index is 1280. The van der Waals surface area contributed by atoms with Gasteiger partial charge in [0.2, 0.25) is 0 Å². The maximum atomic E-state index is 12.3. The number of ketones is 1. The molecular weight excluding hydrogens is 745 g/mol. The zero-order valence-corrected chi connectivity index (χ0v) is 31.6. The summed E-state index contributed by atoms with van der Waals surface area (Å²) in [6, 6.07) is 9.14. The Morgan fingerprint density at radius 1 is 0.702 bits per heavy atom. The Morgan fingerprint density at radius 3 is 1.34 bits per heavy atom. The van der Waals surface area contributed by atoms with Crippen molar-refractivity contribution in [3.05, 3.63) is 113 Å². The standard InChI is InChI=1S/2C12H12F3NO.C10H15.2ClH.Zr/c2*1-8(7-9(2)17)16-11-5-3-10(4-6-11)12(13,14)15;1-6-7(2)9(4)10(5)8(6)3;;;/h3-7,17H,1-2H3;3-7,16H,1-2H3;1-5H3;2*1H;/q;;;;;+2/p-2/b9-7-,16-8?;8-7-;;;;. The van der Waals surface area contributed by atoms with Crippen LogP contribution in [0, 0.1) is 29.6 Å². The third-order valence-electron chi connectivity index (χ3n) is 6.70. The molecule has 0 aliphatic heterocycles. The second-order valence-corrected chi connectivity index (χ2v) is 14.1. The van der Waals surface area contributed by atoms with Crippen LogP contribution < -0.4 is 5.32 Å². The van der Waals surface area contributed by atoms with Gasteiger partial charge in [-0.15, -0.1) is 0 Å². The molecule has 2 N–H and O–H groups in total. The number of benzene rings is 2. The molecule has 1 aliphatic rings. The van der Waals surface area contributed by atoms with E-state index < -0.39 is 44.3 Å². The Labute approximate surface area is 293 Å². The summed E-state index contributed by atoms with van der Waals surface area (Å²) in [4.78, 5) is 14.8. The van der Waals surface area contributed by atoms with E-state index in [4.69, 9.17) is 22.1 Å². The van der Waals surface area contributed by atoms with Crippen LogP contribution in [0.25, 0.3) is 0 Å². The summed E-state index contributed by atoms with van der Waals surface area (Å²) in [5.74, 6) is 7.31. The van der Waals surface area contributed by atoms with Crippen LogP contribution in [0.1, 0.15) is 73.4 Å². The maximum absolute atomic E-state index is 12.3. The Hall–Kier alpha value is -2.10. The van der Waals surface area contributed by atoms with Gasteiger partial charge in [-0.1, -0.05) is 34.6 Å². The molecule has 0 unspecified atom stereocenters. The average Bonchev–Trinajstić information content (AvgIpc) is 3.10. The monoisotopic (exact) mass is 781 g/mol. The van der Waals surface area contributed by atoms with Gasteiger partial charge >= 0.3 is 50.2 Å². The van der Waals surface area contributed by atoms with Crippen LogP contribution in [0.4, 0.5) is 37.7 Å². The number of nitrogens with zero attached hydrogens (tertiary/aromatic N) is 1. The van der Waals surface area contributed by atoms with Crippen LogP contribution in [-0.4, -0.2) is 16.6 Å². The number of halogens is 8. The number of aliphatic hydroxyl groups excluding tert-OH is 1. The number of aliphatic hydroxyl groups is 1. The van der Waals surface area contributed by atoms with Gasteiger partial charge in [0.05, 0.1) is 22.6 Å². The molecule has 0 spiro atoms. The Kier molecular flexibility index (Phi) is 20.1. The van der Waals surface area contributed by atoms with E-state index in [2.05, 4.69) is 44.9 Å². The summed E-state index contributed by atoms with van der Waals surface area (Å²) in [5.41, 5.74) is 0.613. The molecule has 2 aromatic carbocycles. The number of rotatable bonds is 5. The first-order valence-corrected chi connectivity index (χ1v) is 20.3. The number of anilines is 1. The molecule has 1 fully saturated rings. The number of allylic oxidation sites excluding steroid dienone is 4. The predicted octanol–water partition coefficient (Wildman–Crippen LogP) is 12.2. The zero-order valence-electron chi connectivity index (χ0n) is 27.6. The fraction of sp³-hybridized carbons (Fsp3) is 0.324. The third-order valence-corrected chi connectivity index (χ3v) is 6.70. The predicted molar refractivity (Wildman–Crippen MR) is 176 cm³/mol. The molecular formula is C34H39Cl2F6N2O2Zr. The van der Waals surface area contributed by atoms with Crippen LogP contribution in [0.15, 0.2) is 77.1 Å². The minimum atomic E-state index is -4.33. The van der Waals surface area contributed by atoms with Gasteiger partial charge in [0, 0.05) is 17.1 Å². The second kappa shape index (κ2) is 21.1. The normalized spacial score (nSPS) is 15.9. The zero-order chi connectivity index (χ0) is 36.7. The van der Waals surface area contributed by atoms with Crippen molar-refractivity contribution < 1.29 is 57.1 Å². The fourth-order valence-electron chi connectivity index (χ4n) is 3.98. The van der Waals surface area contributed by atoms with Crippen LogP contribution in [-0.2, 0) is 38.0 Å². The summed E-state index contributed by atoms with van der Waals surface area (Å²) in [6.07, 6.45) is -5.86. The van der Waals surface area contributed by atoms with E-state index in [1.165, 1.54) is 79.9 Å². The van der Waals surface area contributed by atoms with E-state index in [1.54, 1.807) is 13.8 Å². The van der Waals surface area contributed by atoms with Crippen LogP contribution in [0.5, 0.6) is 0 Å². The van der Waals surface area contributed by atoms with Crippen LogP contribution >= 0.6 is 17.0 Å². The molecule has 1 saturated carbocycles. The van der Waals surface area contributed by atoms with Crippen molar-refractivity contribution in [2.45, 2.75) is 74.7 Å². The molecule has 0 saturated heterocycles.